The smallest absolute Gasteiger partial charge is 0.133 e. The van der Waals surface area contributed by atoms with Crippen molar-refractivity contribution in [1.82, 2.24) is 9.80 Å². The Morgan fingerprint density at radius 3 is 2.35 bits per heavy atom. The SMILES string of the molecule is COCC1(CN2CCN(C3CC(C(C)=O)C3)CC2)CC1. The quantitative estimate of drug-likeness (QED) is 0.736. The van der Waals surface area contributed by atoms with E-state index in [4.69, 9.17) is 4.74 Å². The van der Waals surface area contributed by atoms with Crippen LogP contribution in [0.2, 0.25) is 0 Å². The molecule has 20 heavy (non-hydrogen) atoms. The van der Waals surface area contributed by atoms with Crippen LogP contribution in [0.4, 0.5) is 0 Å². The van der Waals surface area contributed by atoms with E-state index in [1.54, 1.807) is 6.92 Å². The van der Waals surface area contributed by atoms with Crippen molar-refractivity contribution in [2.24, 2.45) is 11.3 Å². The van der Waals surface area contributed by atoms with Crippen LogP contribution in [0.1, 0.15) is 32.6 Å². The van der Waals surface area contributed by atoms with Crippen LogP contribution < -0.4 is 0 Å². The average molecular weight is 280 g/mol. The number of carbonyl (C=O) groups is 1. The summed E-state index contributed by atoms with van der Waals surface area (Å²) in [6.45, 7) is 8.62. The molecule has 1 heterocycles. The number of piperazine rings is 1. The summed E-state index contributed by atoms with van der Waals surface area (Å²) in [5.74, 6) is 0.740. The molecule has 1 saturated heterocycles. The molecular formula is C16H28N2O2. The number of carbonyl (C=O) groups excluding carboxylic acids is 1. The van der Waals surface area contributed by atoms with E-state index in [2.05, 4.69) is 9.80 Å². The second-order valence-electron chi connectivity index (χ2n) is 7.18. The second kappa shape index (κ2) is 5.74. The minimum Gasteiger partial charge on any atom is -0.384 e. The Labute approximate surface area is 122 Å². The Morgan fingerprint density at radius 2 is 1.85 bits per heavy atom. The first-order valence-electron chi connectivity index (χ1n) is 8.08. The monoisotopic (exact) mass is 280 g/mol. The minimum atomic E-state index is 0.356. The third-order valence-electron chi connectivity index (χ3n) is 5.58. The van der Waals surface area contributed by atoms with Gasteiger partial charge in [-0.15, -0.1) is 0 Å². The van der Waals surface area contributed by atoms with Crippen molar-refractivity contribution in [3.05, 3.63) is 0 Å². The first-order chi connectivity index (χ1) is 9.62. The third-order valence-corrected chi connectivity index (χ3v) is 5.58. The number of ether oxygens (including phenoxy) is 1. The molecule has 4 heteroatoms. The van der Waals surface area contributed by atoms with Crippen molar-refractivity contribution in [2.75, 3.05) is 46.4 Å². The summed E-state index contributed by atoms with van der Waals surface area (Å²) in [5.41, 5.74) is 0.479. The van der Waals surface area contributed by atoms with Gasteiger partial charge in [-0.25, -0.2) is 0 Å². The standard InChI is InChI=1S/C16H28N2O2/c1-13(19)14-9-15(10-14)18-7-5-17(6-8-18)11-16(3-4-16)12-20-2/h14-15H,3-12H2,1-2H3. The van der Waals surface area contributed by atoms with Gasteiger partial charge >= 0.3 is 0 Å². The number of ketones is 1. The van der Waals surface area contributed by atoms with Gasteiger partial charge in [-0.3, -0.25) is 9.69 Å². The van der Waals surface area contributed by atoms with Crippen molar-refractivity contribution < 1.29 is 9.53 Å². The van der Waals surface area contributed by atoms with Gasteiger partial charge in [0.15, 0.2) is 0 Å². The topological polar surface area (TPSA) is 32.8 Å². The molecule has 3 rings (SSSR count). The van der Waals surface area contributed by atoms with Crippen LogP contribution in [0.25, 0.3) is 0 Å². The van der Waals surface area contributed by atoms with Crippen LogP contribution in [0.15, 0.2) is 0 Å². The zero-order valence-electron chi connectivity index (χ0n) is 12.9. The fraction of sp³-hybridized carbons (Fsp3) is 0.938. The molecule has 0 amide bonds. The molecule has 0 bridgehead atoms. The maximum atomic E-state index is 11.3. The summed E-state index contributed by atoms with van der Waals surface area (Å²) in [6, 6.07) is 0.680. The number of nitrogens with zero attached hydrogens (tertiary/aromatic N) is 2. The first kappa shape index (κ1) is 14.5. The Morgan fingerprint density at radius 1 is 1.20 bits per heavy atom. The summed E-state index contributed by atoms with van der Waals surface area (Å²) in [5, 5.41) is 0. The predicted octanol–water partition coefficient (Wildman–Crippen LogP) is 1.40. The molecule has 0 aromatic carbocycles. The van der Waals surface area contributed by atoms with Gasteiger partial charge in [0.2, 0.25) is 0 Å². The summed E-state index contributed by atoms with van der Waals surface area (Å²) in [7, 11) is 1.82. The number of hydrogen-bond acceptors (Lipinski definition) is 4. The molecular weight excluding hydrogens is 252 g/mol. The predicted molar refractivity (Wildman–Crippen MR) is 78.7 cm³/mol. The summed E-state index contributed by atoms with van der Waals surface area (Å²) in [6.07, 6.45) is 4.87. The molecule has 3 fully saturated rings. The number of rotatable bonds is 6. The summed E-state index contributed by atoms with van der Waals surface area (Å²) < 4.78 is 5.36. The van der Waals surface area contributed by atoms with Crippen LogP contribution in [0.3, 0.4) is 0 Å². The molecule has 0 radical (unpaired) electrons. The maximum Gasteiger partial charge on any atom is 0.133 e. The van der Waals surface area contributed by atoms with E-state index in [-0.39, 0.29) is 0 Å². The molecule has 0 aromatic rings. The maximum absolute atomic E-state index is 11.3. The lowest BCUT2D eigenvalue weighted by atomic mass is 9.77. The highest BCUT2D eigenvalue weighted by atomic mass is 16.5. The van der Waals surface area contributed by atoms with E-state index < -0.39 is 0 Å². The molecule has 4 nitrogen and oxygen atoms in total. The molecule has 1 aliphatic heterocycles. The zero-order chi connectivity index (χ0) is 14.2. The van der Waals surface area contributed by atoms with Crippen LogP contribution in [0, 0.1) is 11.3 Å². The molecule has 3 aliphatic rings. The largest absolute Gasteiger partial charge is 0.384 e. The molecule has 2 saturated carbocycles. The highest BCUT2D eigenvalue weighted by molar-refractivity contribution is 5.79. The Balaban J connectivity index is 1.39. The summed E-state index contributed by atoms with van der Waals surface area (Å²) >= 11 is 0. The van der Waals surface area contributed by atoms with E-state index in [1.165, 1.54) is 45.6 Å². The van der Waals surface area contributed by atoms with Crippen molar-refractivity contribution in [3.63, 3.8) is 0 Å². The van der Waals surface area contributed by atoms with Crippen molar-refractivity contribution >= 4 is 5.78 Å². The average Bonchev–Trinajstić information content (AvgIpc) is 3.09. The van der Waals surface area contributed by atoms with Gasteiger partial charge in [0.1, 0.15) is 5.78 Å². The first-order valence-corrected chi connectivity index (χ1v) is 8.08. The Hall–Kier alpha value is -0.450. The van der Waals surface area contributed by atoms with Gasteiger partial charge in [-0.05, 0) is 32.6 Å². The molecule has 0 spiro atoms. The highest BCUT2D eigenvalue weighted by Crippen LogP contribution is 2.46. The van der Waals surface area contributed by atoms with Gasteiger partial charge in [0, 0.05) is 57.2 Å². The molecule has 2 aliphatic carbocycles. The second-order valence-corrected chi connectivity index (χ2v) is 7.18. The molecule has 0 N–H and O–H groups in total. The number of methoxy groups -OCH3 is 1. The number of Topliss-reactive ketones (excluding diaryl/α,β-unsaturated/α-hetero) is 1. The van der Waals surface area contributed by atoms with E-state index in [0.29, 0.717) is 23.2 Å². The van der Waals surface area contributed by atoms with Crippen LogP contribution in [-0.4, -0.2) is 68.1 Å². The lowest BCUT2D eigenvalue weighted by Crippen LogP contribution is -2.55. The normalized spacial score (nSPS) is 33.7. The molecule has 0 atom stereocenters. The zero-order valence-corrected chi connectivity index (χ0v) is 12.9. The lowest BCUT2D eigenvalue weighted by molar-refractivity contribution is -0.125. The van der Waals surface area contributed by atoms with Crippen LogP contribution in [-0.2, 0) is 9.53 Å². The van der Waals surface area contributed by atoms with Crippen LogP contribution in [0.5, 0.6) is 0 Å². The van der Waals surface area contributed by atoms with Crippen molar-refractivity contribution in [2.45, 2.75) is 38.6 Å². The van der Waals surface area contributed by atoms with Gasteiger partial charge in [0.05, 0.1) is 6.61 Å². The van der Waals surface area contributed by atoms with E-state index in [0.717, 1.165) is 19.4 Å². The highest BCUT2D eigenvalue weighted by Gasteiger charge is 2.44. The van der Waals surface area contributed by atoms with Gasteiger partial charge in [-0.1, -0.05) is 0 Å². The van der Waals surface area contributed by atoms with Crippen molar-refractivity contribution in [1.29, 1.82) is 0 Å². The van der Waals surface area contributed by atoms with Crippen molar-refractivity contribution in [3.8, 4) is 0 Å². The third kappa shape index (κ3) is 3.07. The summed E-state index contributed by atoms with van der Waals surface area (Å²) in [4.78, 5) is 16.5. The molecule has 114 valence electrons. The van der Waals surface area contributed by atoms with E-state index in [9.17, 15) is 4.79 Å². The fourth-order valence-electron chi connectivity index (χ4n) is 3.81. The lowest BCUT2D eigenvalue weighted by Gasteiger charge is -2.46. The Kier molecular flexibility index (Phi) is 4.16. The molecule has 0 unspecified atom stereocenters. The van der Waals surface area contributed by atoms with Gasteiger partial charge < -0.3 is 9.64 Å². The van der Waals surface area contributed by atoms with Gasteiger partial charge in [-0.2, -0.15) is 0 Å². The molecule has 0 aromatic heterocycles. The van der Waals surface area contributed by atoms with E-state index in [1.807, 2.05) is 7.11 Å². The van der Waals surface area contributed by atoms with Crippen LogP contribution >= 0.6 is 0 Å². The Bertz CT molecular complexity index is 353. The fourth-order valence-corrected chi connectivity index (χ4v) is 3.81. The van der Waals surface area contributed by atoms with Gasteiger partial charge in [0.25, 0.3) is 0 Å². The number of hydrogen-bond donors (Lipinski definition) is 0. The minimum absolute atomic E-state index is 0.356. The van der Waals surface area contributed by atoms with E-state index >= 15 is 0 Å².